The third-order valence-corrected chi connectivity index (χ3v) is 4.48. The van der Waals surface area contributed by atoms with Crippen molar-refractivity contribution in [3.05, 3.63) is 58.2 Å². The number of nitrogens with zero attached hydrogens (tertiary/aromatic N) is 3. The van der Waals surface area contributed by atoms with Gasteiger partial charge in [-0.05, 0) is 29.8 Å². The Bertz CT molecular complexity index is 954. The highest BCUT2D eigenvalue weighted by Crippen LogP contribution is 2.33. The van der Waals surface area contributed by atoms with E-state index >= 15 is 0 Å². The normalized spacial score (nSPS) is 12.1. The van der Waals surface area contributed by atoms with Crippen molar-refractivity contribution < 1.29 is 9.47 Å². The maximum absolute atomic E-state index is 6.17. The van der Waals surface area contributed by atoms with Gasteiger partial charge in [0.15, 0.2) is 17.3 Å². The number of rotatable bonds is 5. The van der Waals surface area contributed by atoms with Gasteiger partial charge in [-0.3, -0.25) is 0 Å². The average Bonchev–Trinajstić information content (AvgIpc) is 3.12. The number of fused-ring (bicyclic) bond motifs is 1. The Morgan fingerprint density at radius 3 is 2.88 bits per heavy atom. The van der Waals surface area contributed by atoms with Crippen molar-refractivity contribution in [2.75, 3.05) is 17.4 Å². The van der Waals surface area contributed by atoms with Crippen LogP contribution in [0.25, 0.3) is 0 Å². The first-order valence-corrected chi connectivity index (χ1v) is 8.48. The van der Waals surface area contributed by atoms with E-state index in [1.165, 1.54) is 6.20 Å². The van der Waals surface area contributed by atoms with E-state index in [-0.39, 0.29) is 6.79 Å². The minimum atomic E-state index is 0.249. The number of ether oxygens (including phenoxy) is 2. The summed E-state index contributed by atoms with van der Waals surface area (Å²) in [6.45, 7) is 0.763. The van der Waals surface area contributed by atoms with Crippen LogP contribution in [0.3, 0.4) is 0 Å². The Balaban J connectivity index is 1.45. The maximum Gasteiger partial charge on any atom is 0.244 e. The first-order chi connectivity index (χ1) is 12.7. The molecule has 1 aliphatic heterocycles. The minimum Gasteiger partial charge on any atom is -0.454 e. The van der Waals surface area contributed by atoms with Crippen LogP contribution in [-0.4, -0.2) is 22.0 Å². The topological polar surface area (TPSA) is 81.2 Å². The molecule has 132 valence electrons. The molecule has 4 rings (SSSR count). The van der Waals surface area contributed by atoms with Gasteiger partial charge in [-0.25, -0.2) is 0 Å². The van der Waals surface area contributed by atoms with E-state index in [4.69, 9.17) is 32.7 Å². The largest absolute Gasteiger partial charge is 0.454 e. The third kappa shape index (κ3) is 3.58. The van der Waals surface area contributed by atoms with Gasteiger partial charge < -0.3 is 20.1 Å². The van der Waals surface area contributed by atoms with Crippen LogP contribution in [0.2, 0.25) is 10.0 Å². The molecule has 0 amide bonds. The van der Waals surface area contributed by atoms with Crippen LogP contribution in [-0.2, 0) is 6.54 Å². The maximum atomic E-state index is 6.17. The summed E-state index contributed by atoms with van der Waals surface area (Å²) < 4.78 is 10.7. The monoisotopic (exact) mass is 389 g/mol. The zero-order valence-electron chi connectivity index (χ0n) is 13.4. The second kappa shape index (κ2) is 7.23. The van der Waals surface area contributed by atoms with Gasteiger partial charge in [0.05, 0.1) is 21.9 Å². The SMILES string of the molecule is Clc1cccc(Nc2cnnc(NCc3ccc4c(c3)OCO4)n2)c1Cl. The van der Waals surface area contributed by atoms with Crippen molar-refractivity contribution in [2.45, 2.75) is 6.54 Å². The number of halogens is 2. The molecular formula is C17H13Cl2N5O2. The Hall–Kier alpha value is -2.77. The van der Waals surface area contributed by atoms with Gasteiger partial charge in [0, 0.05) is 6.54 Å². The summed E-state index contributed by atoms with van der Waals surface area (Å²) in [6.07, 6.45) is 1.50. The van der Waals surface area contributed by atoms with Gasteiger partial charge in [-0.15, -0.1) is 5.10 Å². The van der Waals surface area contributed by atoms with Gasteiger partial charge in [0.25, 0.3) is 0 Å². The number of nitrogens with one attached hydrogen (secondary N) is 2. The Kier molecular flexibility index (Phi) is 4.64. The van der Waals surface area contributed by atoms with Crippen molar-refractivity contribution in [1.29, 1.82) is 0 Å². The molecule has 26 heavy (non-hydrogen) atoms. The second-order valence-corrected chi connectivity index (χ2v) is 6.22. The van der Waals surface area contributed by atoms with E-state index in [0.717, 1.165) is 17.1 Å². The Labute approximate surface area is 159 Å². The minimum absolute atomic E-state index is 0.249. The van der Waals surface area contributed by atoms with E-state index in [0.29, 0.717) is 34.0 Å². The molecule has 0 saturated heterocycles. The van der Waals surface area contributed by atoms with Gasteiger partial charge in [-0.1, -0.05) is 35.3 Å². The highest BCUT2D eigenvalue weighted by molar-refractivity contribution is 6.43. The molecule has 0 radical (unpaired) electrons. The predicted molar refractivity (Wildman–Crippen MR) is 99.5 cm³/mol. The first-order valence-electron chi connectivity index (χ1n) is 7.72. The van der Waals surface area contributed by atoms with Crippen molar-refractivity contribution in [2.24, 2.45) is 0 Å². The van der Waals surface area contributed by atoms with Gasteiger partial charge >= 0.3 is 0 Å². The number of benzene rings is 2. The van der Waals surface area contributed by atoms with E-state index in [1.54, 1.807) is 18.2 Å². The molecule has 2 N–H and O–H groups in total. The molecule has 1 aliphatic rings. The summed E-state index contributed by atoms with van der Waals surface area (Å²) in [6, 6.07) is 11.0. The van der Waals surface area contributed by atoms with E-state index in [2.05, 4.69) is 25.8 Å². The van der Waals surface area contributed by atoms with Gasteiger partial charge in [-0.2, -0.15) is 10.1 Å². The zero-order chi connectivity index (χ0) is 17.9. The number of aromatic nitrogens is 3. The van der Waals surface area contributed by atoms with Crippen molar-refractivity contribution in [3.63, 3.8) is 0 Å². The van der Waals surface area contributed by atoms with Gasteiger partial charge in [0.2, 0.25) is 12.7 Å². The van der Waals surface area contributed by atoms with Crippen molar-refractivity contribution in [1.82, 2.24) is 15.2 Å². The lowest BCUT2D eigenvalue weighted by Crippen LogP contribution is -2.06. The Morgan fingerprint density at radius 1 is 1.08 bits per heavy atom. The molecule has 0 bridgehead atoms. The Morgan fingerprint density at radius 2 is 1.96 bits per heavy atom. The highest BCUT2D eigenvalue weighted by Gasteiger charge is 2.13. The van der Waals surface area contributed by atoms with Crippen LogP contribution < -0.4 is 20.1 Å². The molecule has 3 aromatic rings. The lowest BCUT2D eigenvalue weighted by molar-refractivity contribution is 0.174. The molecule has 0 aliphatic carbocycles. The van der Waals surface area contributed by atoms with Gasteiger partial charge in [0.1, 0.15) is 0 Å². The average molecular weight is 390 g/mol. The number of anilines is 3. The van der Waals surface area contributed by atoms with E-state index < -0.39 is 0 Å². The fourth-order valence-corrected chi connectivity index (χ4v) is 2.76. The molecule has 0 saturated carbocycles. The fraction of sp³-hybridized carbons (Fsp3) is 0.118. The standard InChI is InChI=1S/C17H13Cl2N5O2/c18-11-2-1-3-12(16(11)19)22-15-8-21-24-17(23-15)20-7-10-4-5-13-14(6-10)26-9-25-13/h1-6,8H,7,9H2,(H2,20,22,23,24). The van der Waals surface area contributed by atoms with Crippen LogP contribution in [0.5, 0.6) is 11.5 Å². The predicted octanol–water partition coefficient (Wildman–Crippen LogP) is 4.26. The summed E-state index contributed by atoms with van der Waals surface area (Å²) >= 11 is 12.2. The van der Waals surface area contributed by atoms with Crippen molar-refractivity contribution in [3.8, 4) is 11.5 Å². The molecule has 0 spiro atoms. The van der Waals surface area contributed by atoms with Crippen LogP contribution in [0.4, 0.5) is 17.5 Å². The third-order valence-electron chi connectivity index (χ3n) is 3.66. The molecule has 9 heteroatoms. The quantitative estimate of drug-likeness (QED) is 0.674. The van der Waals surface area contributed by atoms with E-state index in [1.807, 2.05) is 18.2 Å². The molecule has 7 nitrogen and oxygen atoms in total. The summed E-state index contributed by atoms with van der Waals surface area (Å²) in [5.74, 6) is 2.36. The lowest BCUT2D eigenvalue weighted by Gasteiger charge is -2.10. The fourth-order valence-electron chi connectivity index (χ4n) is 2.41. The number of hydrogen-bond acceptors (Lipinski definition) is 7. The summed E-state index contributed by atoms with van der Waals surface area (Å²) in [5, 5.41) is 15.0. The molecule has 2 aromatic carbocycles. The van der Waals surface area contributed by atoms with E-state index in [9.17, 15) is 0 Å². The first kappa shape index (κ1) is 16.7. The molecule has 1 aromatic heterocycles. The molecular weight excluding hydrogens is 377 g/mol. The number of hydrogen-bond donors (Lipinski definition) is 2. The van der Waals surface area contributed by atoms with Crippen molar-refractivity contribution >= 4 is 40.7 Å². The zero-order valence-corrected chi connectivity index (χ0v) is 14.9. The van der Waals surface area contributed by atoms with Crippen LogP contribution >= 0.6 is 23.2 Å². The highest BCUT2D eigenvalue weighted by atomic mass is 35.5. The van der Waals surface area contributed by atoms with Crippen LogP contribution in [0.1, 0.15) is 5.56 Å². The second-order valence-electron chi connectivity index (χ2n) is 5.43. The summed E-state index contributed by atoms with van der Waals surface area (Å²) in [4.78, 5) is 4.37. The smallest absolute Gasteiger partial charge is 0.244 e. The molecule has 0 unspecified atom stereocenters. The van der Waals surface area contributed by atoms with Crippen LogP contribution in [0, 0.1) is 0 Å². The molecule has 0 atom stereocenters. The van der Waals surface area contributed by atoms with Crippen LogP contribution in [0.15, 0.2) is 42.6 Å². The summed E-state index contributed by atoms with van der Waals surface area (Å²) in [7, 11) is 0. The summed E-state index contributed by atoms with van der Waals surface area (Å²) in [5.41, 5.74) is 1.65. The molecule has 2 heterocycles. The lowest BCUT2D eigenvalue weighted by atomic mass is 10.2. The molecule has 0 fully saturated rings.